The lowest BCUT2D eigenvalue weighted by Gasteiger charge is -2.26. The predicted molar refractivity (Wildman–Crippen MR) is 143 cm³/mol. The van der Waals surface area contributed by atoms with Crippen LogP contribution in [0.3, 0.4) is 0 Å². The van der Waals surface area contributed by atoms with Gasteiger partial charge in [0.05, 0.1) is 23.3 Å². The molecule has 0 fully saturated rings. The average molecular weight is 549 g/mol. The zero-order valence-electron chi connectivity index (χ0n) is 22.0. The van der Waals surface area contributed by atoms with Crippen LogP contribution < -0.4 is 10.6 Å². The number of sulfonamides is 1. The van der Waals surface area contributed by atoms with Crippen molar-refractivity contribution in [2.45, 2.75) is 38.0 Å². The van der Waals surface area contributed by atoms with E-state index in [1.807, 2.05) is 44.2 Å². The number of esters is 1. The third kappa shape index (κ3) is 10.1. The number of amides is 2. The minimum absolute atomic E-state index is 0.00790. The summed E-state index contributed by atoms with van der Waals surface area (Å²) in [7, 11) is -2.62. The molecule has 0 aliphatic rings. The SMILES string of the molecule is COC(=O)CCNC(=O)NC[C@H](CCN(CC(C)C)S(=O)(=O)c1ccc([N+](=O)[O-])cc1)Cc1ccccc1. The van der Waals surface area contributed by atoms with Gasteiger partial charge in [-0.2, -0.15) is 4.31 Å². The zero-order valence-corrected chi connectivity index (χ0v) is 22.8. The molecule has 38 heavy (non-hydrogen) atoms. The Kier molecular flexibility index (Phi) is 12.2. The van der Waals surface area contributed by atoms with Gasteiger partial charge in [0.2, 0.25) is 10.0 Å². The number of urea groups is 1. The quantitative estimate of drug-likeness (QED) is 0.197. The molecule has 0 heterocycles. The number of non-ortho nitro benzene ring substituents is 1. The average Bonchev–Trinajstić information content (AvgIpc) is 2.89. The molecule has 0 aliphatic heterocycles. The highest BCUT2D eigenvalue weighted by Crippen LogP contribution is 2.22. The second-order valence-electron chi connectivity index (χ2n) is 9.32. The minimum Gasteiger partial charge on any atom is -0.469 e. The molecule has 2 aromatic rings. The molecular formula is C26H36N4O7S. The number of methoxy groups -OCH3 is 1. The van der Waals surface area contributed by atoms with Crippen LogP contribution in [0.15, 0.2) is 59.5 Å². The number of benzene rings is 2. The Morgan fingerprint density at radius 3 is 2.29 bits per heavy atom. The van der Waals surface area contributed by atoms with E-state index < -0.39 is 26.9 Å². The third-order valence-corrected chi connectivity index (χ3v) is 7.68. The number of hydrogen-bond acceptors (Lipinski definition) is 7. The first-order valence-corrected chi connectivity index (χ1v) is 13.8. The van der Waals surface area contributed by atoms with Crippen molar-refractivity contribution < 1.29 is 27.7 Å². The second-order valence-corrected chi connectivity index (χ2v) is 11.3. The summed E-state index contributed by atoms with van der Waals surface area (Å²) in [6.45, 7) is 4.75. The number of hydrogen-bond donors (Lipinski definition) is 2. The van der Waals surface area contributed by atoms with Gasteiger partial charge in [-0.25, -0.2) is 13.2 Å². The van der Waals surface area contributed by atoms with Crippen LogP contribution >= 0.6 is 0 Å². The fourth-order valence-electron chi connectivity index (χ4n) is 3.84. The second kappa shape index (κ2) is 15.0. The molecule has 12 heteroatoms. The first kappa shape index (κ1) is 30.7. The molecule has 208 valence electrons. The smallest absolute Gasteiger partial charge is 0.314 e. The van der Waals surface area contributed by atoms with Crippen LogP contribution in [0.2, 0.25) is 0 Å². The van der Waals surface area contributed by atoms with Crippen LogP contribution in [0.25, 0.3) is 0 Å². The number of carbonyl (C=O) groups excluding carboxylic acids is 2. The van der Waals surface area contributed by atoms with Gasteiger partial charge in [0.25, 0.3) is 5.69 Å². The van der Waals surface area contributed by atoms with E-state index in [9.17, 15) is 28.1 Å². The number of nitrogens with zero attached hydrogens (tertiary/aromatic N) is 2. The van der Waals surface area contributed by atoms with Gasteiger partial charge < -0.3 is 15.4 Å². The van der Waals surface area contributed by atoms with Crippen LogP contribution in [0.1, 0.15) is 32.3 Å². The molecule has 2 amide bonds. The van der Waals surface area contributed by atoms with Crippen molar-refractivity contribution in [3.8, 4) is 0 Å². The summed E-state index contributed by atoms with van der Waals surface area (Å²) >= 11 is 0. The molecule has 0 spiro atoms. The van der Waals surface area contributed by atoms with Crippen molar-refractivity contribution in [1.29, 1.82) is 0 Å². The van der Waals surface area contributed by atoms with Crippen molar-refractivity contribution in [3.05, 3.63) is 70.3 Å². The molecule has 2 rings (SSSR count). The molecule has 0 aromatic heterocycles. The molecule has 0 bridgehead atoms. The fraction of sp³-hybridized carbons (Fsp3) is 0.462. The van der Waals surface area contributed by atoms with E-state index in [0.29, 0.717) is 19.4 Å². The molecule has 0 saturated carbocycles. The largest absolute Gasteiger partial charge is 0.469 e. The number of rotatable bonds is 15. The van der Waals surface area contributed by atoms with Crippen molar-refractivity contribution in [2.24, 2.45) is 11.8 Å². The Bertz CT molecular complexity index is 1160. The fourth-order valence-corrected chi connectivity index (χ4v) is 5.45. The van der Waals surface area contributed by atoms with E-state index in [1.54, 1.807) is 0 Å². The first-order valence-electron chi connectivity index (χ1n) is 12.4. The summed E-state index contributed by atoms with van der Waals surface area (Å²) < 4.78 is 32.8. The molecule has 11 nitrogen and oxygen atoms in total. The standard InChI is InChI=1S/C26H36N4O7S/c1-20(2)19-29(38(35,36)24-11-9-23(10-12-24)30(33)34)16-14-22(17-21-7-5-4-6-8-21)18-28-26(32)27-15-13-25(31)37-3/h4-12,20,22H,13-19H2,1-3H3,(H2,27,28,32)/t22-/m1/s1. The maximum absolute atomic E-state index is 13.4. The molecular weight excluding hydrogens is 512 g/mol. The van der Waals surface area contributed by atoms with E-state index in [-0.39, 0.29) is 48.5 Å². The lowest BCUT2D eigenvalue weighted by Crippen LogP contribution is -2.41. The van der Waals surface area contributed by atoms with Gasteiger partial charge in [-0.15, -0.1) is 0 Å². The molecule has 0 saturated heterocycles. The molecule has 2 aromatic carbocycles. The van der Waals surface area contributed by atoms with Gasteiger partial charge in [-0.3, -0.25) is 14.9 Å². The van der Waals surface area contributed by atoms with Gasteiger partial charge >= 0.3 is 12.0 Å². The maximum atomic E-state index is 13.4. The Morgan fingerprint density at radius 2 is 1.71 bits per heavy atom. The Hall–Kier alpha value is -3.51. The molecule has 2 N–H and O–H groups in total. The van der Waals surface area contributed by atoms with Gasteiger partial charge in [0.15, 0.2) is 0 Å². The van der Waals surface area contributed by atoms with Crippen LogP contribution in [0.4, 0.5) is 10.5 Å². The molecule has 0 radical (unpaired) electrons. The van der Waals surface area contributed by atoms with Crippen molar-refractivity contribution in [3.63, 3.8) is 0 Å². The minimum atomic E-state index is -3.89. The van der Waals surface area contributed by atoms with Gasteiger partial charge in [-0.05, 0) is 42.4 Å². The summed E-state index contributed by atoms with van der Waals surface area (Å²) in [6, 6.07) is 14.1. The number of ether oxygens (including phenoxy) is 1. The number of carbonyl (C=O) groups is 2. The Morgan fingerprint density at radius 1 is 1.05 bits per heavy atom. The Balaban J connectivity index is 2.13. The summed E-state index contributed by atoms with van der Waals surface area (Å²) in [6.07, 6.45) is 1.15. The third-order valence-electron chi connectivity index (χ3n) is 5.80. The summed E-state index contributed by atoms with van der Waals surface area (Å²) in [5.74, 6) is -0.452. The maximum Gasteiger partial charge on any atom is 0.314 e. The number of nitrogens with one attached hydrogen (secondary N) is 2. The predicted octanol–water partition coefficient (Wildman–Crippen LogP) is 3.35. The van der Waals surface area contributed by atoms with Gasteiger partial charge in [0, 0.05) is 38.3 Å². The summed E-state index contributed by atoms with van der Waals surface area (Å²) in [5, 5.41) is 16.4. The van der Waals surface area contributed by atoms with Crippen LogP contribution in [0, 0.1) is 22.0 Å². The topological polar surface area (TPSA) is 148 Å². The normalized spacial score (nSPS) is 12.2. The van der Waals surface area contributed by atoms with E-state index in [1.165, 1.54) is 35.7 Å². The first-order chi connectivity index (χ1) is 18.0. The lowest BCUT2D eigenvalue weighted by atomic mass is 9.96. The number of nitro benzene ring substituents is 1. The van der Waals surface area contributed by atoms with Crippen molar-refractivity contribution in [2.75, 3.05) is 33.3 Å². The number of nitro groups is 1. The molecule has 1 atom stereocenters. The summed E-state index contributed by atoms with van der Waals surface area (Å²) in [5.41, 5.74) is 0.872. The zero-order chi connectivity index (χ0) is 28.1. The molecule has 0 aliphatic carbocycles. The van der Waals surface area contributed by atoms with Crippen LogP contribution in [-0.2, 0) is 26.0 Å². The van der Waals surface area contributed by atoms with Crippen LogP contribution in [-0.4, -0.2) is 62.9 Å². The summed E-state index contributed by atoms with van der Waals surface area (Å²) in [4.78, 5) is 33.9. The van der Waals surface area contributed by atoms with Crippen LogP contribution in [0.5, 0.6) is 0 Å². The van der Waals surface area contributed by atoms with Crippen molar-refractivity contribution in [1.82, 2.24) is 14.9 Å². The van der Waals surface area contributed by atoms with E-state index in [4.69, 9.17) is 0 Å². The lowest BCUT2D eigenvalue weighted by molar-refractivity contribution is -0.384. The van der Waals surface area contributed by atoms with Gasteiger partial charge in [-0.1, -0.05) is 44.2 Å². The van der Waals surface area contributed by atoms with E-state index in [0.717, 1.165) is 5.56 Å². The van der Waals surface area contributed by atoms with E-state index in [2.05, 4.69) is 15.4 Å². The molecule has 0 unspecified atom stereocenters. The highest BCUT2D eigenvalue weighted by molar-refractivity contribution is 7.89. The monoisotopic (exact) mass is 548 g/mol. The van der Waals surface area contributed by atoms with Crippen molar-refractivity contribution >= 4 is 27.7 Å². The van der Waals surface area contributed by atoms with Gasteiger partial charge in [0.1, 0.15) is 0 Å². The highest BCUT2D eigenvalue weighted by Gasteiger charge is 2.27. The highest BCUT2D eigenvalue weighted by atomic mass is 32.2. The van der Waals surface area contributed by atoms with E-state index >= 15 is 0 Å². The Labute approximate surface area is 223 Å².